The molecular weight excluding hydrogens is 312 g/mol. The highest BCUT2D eigenvalue weighted by molar-refractivity contribution is 6.01. The number of anilines is 2. The monoisotopic (exact) mass is 328 g/mol. The number of carbonyl (C=O) groups is 2. The van der Waals surface area contributed by atoms with Gasteiger partial charge in [0.05, 0.1) is 18.5 Å². The number of ether oxygens (including phenoxy) is 1. The first kappa shape index (κ1) is 15.5. The van der Waals surface area contributed by atoms with Gasteiger partial charge in [-0.25, -0.2) is 4.79 Å². The minimum atomic E-state index is -0.618. The minimum absolute atomic E-state index is 0.0794. The van der Waals surface area contributed by atoms with Gasteiger partial charge in [-0.15, -0.1) is 5.10 Å². The molecule has 0 saturated heterocycles. The number of benzene rings is 1. The van der Waals surface area contributed by atoms with Crippen LogP contribution in [0.1, 0.15) is 6.92 Å². The van der Waals surface area contributed by atoms with Gasteiger partial charge in [0.2, 0.25) is 5.91 Å². The Hall–Kier alpha value is -3.36. The van der Waals surface area contributed by atoms with E-state index in [4.69, 9.17) is 4.74 Å². The van der Waals surface area contributed by atoms with Crippen molar-refractivity contribution in [1.29, 1.82) is 0 Å². The van der Waals surface area contributed by atoms with Crippen molar-refractivity contribution in [2.24, 2.45) is 0 Å². The third-order valence-electron chi connectivity index (χ3n) is 3.19. The average molecular weight is 328 g/mol. The van der Waals surface area contributed by atoms with Crippen molar-refractivity contribution in [2.75, 3.05) is 17.2 Å². The number of hydrogen-bond donors (Lipinski definition) is 3. The molecule has 3 N–H and O–H groups in total. The number of H-pyrrole nitrogens is 1. The van der Waals surface area contributed by atoms with Gasteiger partial charge in [0.25, 0.3) is 0 Å². The molecule has 0 aliphatic heterocycles. The zero-order valence-electron chi connectivity index (χ0n) is 12.9. The van der Waals surface area contributed by atoms with Crippen molar-refractivity contribution in [2.45, 2.75) is 13.5 Å². The zero-order valence-corrected chi connectivity index (χ0v) is 12.9. The Labute approximate surface area is 137 Å². The van der Waals surface area contributed by atoms with Crippen LogP contribution in [-0.2, 0) is 16.1 Å². The second-order valence-electron chi connectivity index (χ2n) is 4.90. The molecule has 0 unspecified atom stereocenters. The van der Waals surface area contributed by atoms with Gasteiger partial charge in [-0.05, 0) is 13.0 Å². The maximum absolute atomic E-state index is 12.1. The molecule has 0 radical (unpaired) electrons. The largest absolute Gasteiger partial charge is 0.450 e. The quantitative estimate of drug-likeness (QED) is 0.662. The van der Waals surface area contributed by atoms with E-state index in [-0.39, 0.29) is 24.9 Å². The molecule has 0 atom stereocenters. The SMILES string of the molecule is CCOC(=O)Nc1cnn(CC(=O)Nc2c[nH]c3ccccc23)n1. The molecule has 0 aliphatic carbocycles. The smallest absolute Gasteiger partial charge is 0.412 e. The molecule has 0 spiro atoms. The van der Waals surface area contributed by atoms with E-state index in [1.807, 2.05) is 24.3 Å². The van der Waals surface area contributed by atoms with Gasteiger partial charge >= 0.3 is 6.09 Å². The zero-order chi connectivity index (χ0) is 16.9. The topological polar surface area (TPSA) is 114 Å². The third-order valence-corrected chi connectivity index (χ3v) is 3.19. The molecular formula is C15H16N6O3. The van der Waals surface area contributed by atoms with Gasteiger partial charge < -0.3 is 15.0 Å². The molecule has 9 nitrogen and oxygen atoms in total. The lowest BCUT2D eigenvalue weighted by atomic mass is 10.2. The van der Waals surface area contributed by atoms with Gasteiger partial charge in [-0.3, -0.25) is 10.1 Å². The van der Waals surface area contributed by atoms with Gasteiger partial charge in [0, 0.05) is 17.1 Å². The van der Waals surface area contributed by atoms with Gasteiger partial charge in [-0.2, -0.15) is 9.90 Å². The number of nitrogens with one attached hydrogen (secondary N) is 3. The number of amides is 2. The molecule has 3 aromatic rings. The lowest BCUT2D eigenvalue weighted by Crippen LogP contribution is -2.20. The van der Waals surface area contributed by atoms with Crippen LogP contribution in [0.3, 0.4) is 0 Å². The molecule has 2 heterocycles. The highest BCUT2D eigenvalue weighted by Crippen LogP contribution is 2.22. The molecule has 2 amide bonds. The summed E-state index contributed by atoms with van der Waals surface area (Å²) in [7, 11) is 0. The van der Waals surface area contributed by atoms with Gasteiger partial charge in [0.15, 0.2) is 5.82 Å². The van der Waals surface area contributed by atoms with E-state index < -0.39 is 6.09 Å². The summed E-state index contributed by atoms with van der Waals surface area (Å²) in [4.78, 5) is 27.7. The fourth-order valence-corrected chi connectivity index (χ4v) is 2.20. The Bertz CT molecular complexity index is 869. The van der Waals surface area contributed by atoms with Crippen LogP contribution in [0.5, 0.6) is 0 Å². The lowest BCUT2D eigenvalue weighted by Gasteiger charge is -2.03. The standard InChI is InChI=1S/C15H16N6O3/c1-2-24-15(23)19-13-8-17-21(20-13)9-14(22)18-12-7-16-11-6-4-3-5-10(11)12/h3-8,16H,2,9H2,1H3,(H,18,22)(H,19,20,23). The summed E-state index contributed by atoms with van der Waals surface area (Å²) in [6.07, 6.45) is 2.45. The highest BCUT2D eigenvalue weighted by Gasteiger charge is 2.11. The average Bonchev–Trinajstić information content (AvgIpc) is 3.15. The number of rotatable bonds is 5. The van der Waals surface area contributed by atoms with Crippen LogP contribution in [-0.4, -0.2) is 38.6 Å². The second kappa shape index (κ2) is 6.82. The fraction of sp³-hybridized carbons (Fsp3) is 0.200. The van der Waals surface area contributed by atoms with E-state index in [0.717, 1.165) is 10.9 Å². The van der Waals surface area contributed by atoms with Crippen LogP contribution in [0.25, 0.3) is 10.9 Å². The Morgan fingerprint density at radius 3 is 2.96 bits per heavy atom. The third kappa shape index (κ3) is 3.51. The van der Waals surface area contributed by atoms with Crippen molar-refractivity contribution >= 4 is 34.4 Å². The van der Waals surface area contributed by atoms with E-state index >= 15 is 0 Å². The van der Waals surface area contributed by atoms with Crippen molar-refractivity contribution in [3.63, 3.8) is 0 Å². The summed E-state index contributed by atoms with van der Waals surface area (Å²) < 4.78 is 4.74. The van der Waals surface area contributed by atoms with Gasteiger partial charge in [0.1, 0.15) is 6.54 Å². The Morgan fingerprint density at radius 1 is 1.29 bits per heavy atom. The number of nitrogens with zero attached hydrogens (tertiary/aromatic N) is 3. The van der Waals surface area contributed by atoms with Crippen molar-refractivity contribution in [3.8, 4) is 0 Å². The van der Waals surface area contributed by atoms with Crippen LogP contribution in [0.15, 0.2) is 36.7 Å². The number of hydrogen-bond acceptors (Lipinski definition) is 5. The first-order valence-corrected chi connectivity index (χ1v) is 7.35. The Morgan fingerprint density at radius 2 is 2.12 bits per heavy atom. The molecule has 124 valence electrons. The summed E-state index contributed by atoms with van der Waals surface area (Å²) in [5, 5.41) is 14.1. The minimum Gasteiger partial charge on any atom is -0.450 e. The molecule has 0 fully saturated rings. The highest BCUT2D eigenvalue weighted by atomic mass is 16.5. The van der Waals surface area contributed by atoms with E-state index in [1.165, 1.54) is 11.0 Å². The van der Waals surface area contributed by atoms with Crippen LogP contribution < -0.4 is 10.6 Å². The predicted molar refractivity (Wildman–Crippen MR) is 87.6 cm³/mol. The lowest BCUT2D eigenvalue weighted by molar-refractivity contribution is -0.117. The first-order chi connectivity index (χ1) is 11.7. The maximum Gasteiger partial charge on any atom is 0.412 e. The molecule has 1 aromatic carbocycles. The van der Waals surface area contributed by atoms with Crippen molar-refractivity contribution in [3.05, 3.63) is 36.7 Å². The molecule has 9 heteroatoms. The van der Waals surface area contributed by atoms with E-state index in [0.29, 0.717) is 5.69 Å². The molecule has 3 rings (SSSR count). The molecule has 0 aliphatic rings. The van der Waals surface area contributed by atoms with Crippen LogP contribution in [0.4, 0.5) is 16.3 Å². The summed E-state index contributed by atoms with van der Waals surface area (Å²) >= 11 is 0. The van der Waals surface area contributed by atoms with E-state index in [9.17, 15) is 9.59 Å². The van der Waals surface area contributed by atoms with E-state index in [1.54, 1.807) is 13.1 Å². The normalized spacial score (nSPS) is 10.5. The van der Waals surface area contributed by atoms with Crippen LogP contribution in [0, 0.1) is 0 Å². The molecule has 0 bridgehead atoms. The van der Waals surface area contributed by atoms with Crippen molar-refractivity contribution in [1.82, 2.24) is 20.0 Å². The number of carbonyl (C=O) groups excluding carboxylic acids is 2. The number of para-hydroxylation sites is 1. The maximum atomic E-state index is 12.1. The molecule has 0 saturated carbocycles. The number of fused-ring (bicyclic) bond motifs is 1. The van der Waals surface area contributed by atoms with E-state index in [2.05, 4.69) is 25.8 Å². The summed E-state index contributed by atoms with van der Waals surface area (Å²) in [5.74, 6) is -0.0635. The second-order valence-corrected chi connectivity index (χ2v) is 4.90. The summed E-state index contributed by atoms with van der Waals surface area (Å²) in [6, 6.07) is 7.65. The molecule has 2 aromatic heterocycles. The number of aromatic nitrogens is 4. The Balaban J connectivity index is 1.61. The summed E-state index contributed by atoms with van der Waals surface area (Å²) in [6.45, 7) is 1.88. The predicted octanol–water partition coefficient (Wildman–Crippen LogP) is 1.97. The summed E-state index contributed by atoms with van der Waals surface area (Å²) in [5.41, 5.74) is 1.62. The first-order valence-electron chi connectivity index (χ1n) is 7.35. The van der Waals surface area contributed by atoms with Crippen molar-refractivity contribution < 1.29 is 14.3 Å². The molecule has 24 heavy (non-hydrogen) atoms. The van der Waals surface area contributed by atoms with Crippen LogP contribution >= 0.6 is 0 Å². The van der Waals surface area contributed by atoms with Gasteiger partial charge in [-0.1, -0.05) is 18.2 Å². The number of aromatic amines is 1. The fourth-order valence-electron chi connectivity index (χ4n) is 2.20. The van der Waals surface area contributed by atoms with Crippen LogP contribution in [0.2, 0.25) is 0 Å². The Kier molecular flexibility index (Phi) is 4.41.